The van der Waals surface area contributed by atoms with Gasteiger partial charge in [-0.05, 0) is 12.1 Å². The molecule has 4 N–H and O–H groups in total. The Kier molecular flexibility index (Phi) is 5.38. The first-order valence-electron chi connectivity index (χ1n) is 9.44. The molecule has 15 heteroatoms. The second kappa shape index (κ2) is 7.83. The van der Waals surface area contributed by atoms with E-state index in [-0.39, 0.29) is 37.8 Å². The van der Waals surface area contributed by atoms with Crippen molar-refractivity contribution in [1.82, 2.24) is 14.6 Å². The fraction of sp³-hybridized carbons (Fsp3) is 0.389. The molecular formula is C18H16F6N6O3. The van der Waals surface area contributed by atoms with Crippen LogP contribution >= 0.6 is 0 Å². The summed E-state index contributed by atoms with van der Waals surface area (Å²) >= 11 is 0. The molecule has 0 amide bonds. The van der Waals surface area contributed by atoms with Crippen molar-refractivity contribution in [2.75, 3.05) is 37.5 Å². The molecular weight excluding hydrogens is 462 g/mol. The van der Waals surface area contributed by atoms with Gasteiger partial charge in [-0.3, -0.25) is 5.43 Å². The summed E-state index contributed by atoms with van der Waals surface area (Å²) in [6.07, 6.45) is -10.9. The van der Waals surface area contributed by atoms with Crippen LogP contribution in [0.3, 0.4) is 0 Å². The number of aliphatic imine (C=N–C) groups is 1. The standard InChI is InChI=1S/C18H16F6N6O3/c19-17(20,21)10-6-12(25)26-7-9(10)14-27-15(29-1-3-33-4-2-29)11-5-8(16(31)32)13(18(22,23)24)30(11)28-14/h5-7,14,28H,1-4H2,(H2,25,26)(H,31,32). The molecule has 1 unspecified atom stereocenters. The second-order valence-corrected chi connectivity index (χ2v) is 7.21. The van der Waals surface area contributed by atoms with Gasteiger partial charge in [-0.25, -0.2) is 19.4 Å². The Bertz CT molecular complexity index is 1120. The van der Waals surface area contributed by atoms with Crippen molar-refractivity contribution in [2.24, 2.45) is 4.99 Å². The third-order valence-corrected chi connectivity index (χ3v) is 5.10. The van der Waals surface area contributed by atoms with Crippen LogP contribution in [0, 0.1) is 0 Å². The summed E-state index contributed by atoms with van der Waals surface area (Å²) in [6.45, 7) is 0.777. The van der Waals surface area contributed by atoms with Gasteiger partial charge >= 0.3 is 18.3 Å². The monoisotopic (exact) mass is 478 g/mol. The van der Waals surface area contributed by atoms with Gasteiger partial charge in [0.05, 0.1) is 24.3 Å². The predicted octanol–water partition coefficient (Wildman–Crippen LogP) is 2.54. The number of nitrogens with two attached hydrogens (primary N) is 1. The number of amidine groups is 1. The van der Waals surface area contributed by atoms with E-state index in [2.05, 4.69) is 15.4 Å². The van der Waals surface area contributed by atoms with Crippen molar-refractivity contribution in [3.05, 3.63) is 46.4 Å². The number of carbonyl (C=O) groups is 1. The van der Waals surface area contributed by atoms with Gasteiger partial charge < -0.3 is 20.5 Å². The predicted molar refractivity (Wildman–Crippen MR) is 101 cm³/mol. The lowest BCUT2D eigenvalue weighted by Crippen LogP contribution is -2.45. The van der Waals surface area contributed by atoms with E-state index in [9.17, 15) is 36.2 Å². The van der Waals surface area contributed by atoms with Crippen molar-refractivity contribution in [3.8, 4) is 0 Å². The molecule has 178 valence electrons. The van der Waals surface area contributed by atoms with Crippen LogP contribution in [-0.4, -0.2) is 57.8 Å². The number of fused-ring (bicyclic) bond motifs is 1. The molecule has 4 rings (SSSR count). The molecule has 33 heavy (non-hydrogen) atoms. The minimum Gasteiger partial charge on any atom is -0.478 e. The number of nitrogens with one attached hydrogen (secondary N) is 1. The number of nitrogen functional groups attached to an aromatic ring is 1. The maximum absolute atomic E-state index is 13.8. The quantitative estimate of drug-likeness (QED) is 0.568. The average molecular weight is 478 g/mol. The highest BCUT2D eigenvalue weighted by Gasteiger charge is 2.45. The van der Waals surface area contributed by atoms with Crippen molar-refractivity contribution >= 4 is 17.6 Å². The van der Waals surface area contributed by atoms with Gasteiger partial charge in [0.25, 0.3) is 0 Å². The van der Waals surface area contributed by atoms with E-state index < -0.39 is 52.7 Å². The number of alkyl halides is 6. The van der Waals surface area contributed by atoms with Crippen molar-refractivity contribution in [1.29, 1.82) is 0 Å². The highest BCUT2D eigenvalue weighted by atomic mass is 19.4. The number of carboxylic acids is 1. The normalized spacial score (nSPS) is 19.0. The van der Waals surface area contributed by atoms with Crippen molar-refractivity contribution in [2.45, 2.75) is 18.5 Å². The number of ether oxygens (including phenoxy) is 1. The van der Waals surface area contributed by atoms with E-state index in [4.69, 9.17) is 10.5 Å². The van der Waals surface area contributed by atoms with Gasteiger partial charge in [-0.2, -0.15) is 26.3 Å². The zero-order chi connectivity index (χ0) is 24.1. The molecule has 0 spiro atoms. The summed E-state index contributed by atoms with van der Waals surface area (Å²) < 4.78 is 88.1. The SMILES string of the molecule is Nc1cc(C(F)(F)F)c(C2N=C(N3CCOCC3)c3cc(C(=O)O)c(C(F)(F)F)n3N2)cn1. The van der Waals surface area contributed by atoms with E-state index in [1.807, 2.05) is 0 Å². The van der Waals surface area contributed by atoms with Crippen LogP contribution in [-0.2, 0) is 17.1 Å². The fourth-order valence-corrected chi connectivity index (χ4v) is 3.69. The van der Waals surface area contributed by atoms with Crippen LogP contribution in [0.15, 0.2) is 23.3 Å². The maximum atomic E-state index is 13.8. The smallest absolute Gasteiger partial charge is 0.434 e. The maximum Gasteiger partial charge on any atom is 0.434 e. The number of nitrogens with zero attached hydrogens (tertiary/aromatic N) is 4. The first-order valence-corrected chi connectivity index (χ1v) is 9.44. The van der Waals surface area contributed by atoms with Crippen LogP contribution in [0.2, 0.25) is 0 Å². The number of morpholine rings is 1. The minimum atomic E-state index is -5.14. The molecule has 4 heterocycles. The molecule has 1 saturated heterocycles. The number of halogens is 6. The molecule has 1 atom stereocenters. The number of hydrogen-bond acceptors (Lipinski definition) is 7. The third kappa shape index (κ3) is 4.15. The van der Waals surface area contributed by atoms with Gasteiger partial charge in [-0.15, -0.1) is 0 Å². The second-order valence-electron chi connectivity index (χ2n) is 7.21. The van der Waals surface area contributed by atoms with E-state index >= 15 is 0 Å². The van der Waals surface area contributed by atoms with Crippen LogP contribution < -0.4 is 11.2 Å². The van der Waals surface area contributed by atoms with Gasteiger partial charge in [0.15, 0.2) is 17.7 Å². The summed E-state index contributed by atoms with van der Waals surface area (Å²) in [6, 6.07) is 1.34. The number of aromatic nitrogens is 2. The Morgan fingerprint density at radius 1 is 1.15 bits per heavy atom. The number of pyridine rings is 1. The largest absolute Gasteiger partial charge is 0.478 e. The molecule has 1 fully saturated rings. The number of rotatable bonds is 2. The number of anilines is 1. The average Bonchev–Trinajstić information content (AvgIpc) is 3.13. The number of aromatic carboxylic acids is 1. The molecule has 2 aliphatic rings. The summed E-state index contributed by atoms with van der Waals surface area (Å²) in [5, 5.41) is 9.35. The molecule has 9 nitrogen and oxygen atoms in total. The highest BCUT2D eigenvalue weighted by molar-refractivity contribution is 6.02. The molecule has 0 aliphatic carbocycles. The van der Waals surface area contributed by atoms with E-state index in [0.717, 1.165) is 12.3 Å². The lowest BCUT2D eigenvalue weighted by molar-refractivity contribution is -0.143. The van der Waals surface area contributed by atoms with Crippen molar-refractivity contribution < 1.29 is 41.0 Å². The molecule has 0 aromatic carbocycles. The Balaban J connectivity index is 1.94. The number of carboxylic acid groups (broad SMARTS) is 1. The first kappa shape index (κ1) is 22.7. The summed E-state index contributed by atoms with van der Waals surface area (Å²) in [5.74, 6) is -2.40. The van der Waals surface area contributed by atoms with E-state index in [0.29, 0.717) is 10.7 Å². The number of hydrogen-bond donors (Lipinski definition) is 3. The van der Waals surface area contributed by atoms with Crippen LogP contribution in [0.25, 0.3) is 0 Å². The molecule has 0 radical (unpaired) electrons. The topological polar surface area (TPSA) is 118 Å². The fourth-order valence-electron chi connectivity index (χ4n) is 3.69. The van der Waals surface area contributed by atoms with Crippen LogP contribution in [0.5, 0.6) is 0 Å². The molecule has 0 bridgehead atoms. The summed E-state index contributed by atoms with van der Waals surface area (Å²) in [7, 11) is 0. The van der Waals surface area contributed by atoms with Crippen LogP contribution in [0.1, 0.15) is 39.0 Å². The Morgan fingerprint density at radius 2 is 1.82 bits per heavy atom. The van der Waals surface area contributed by atoms with Crippen LogP contribution in [0.4, 0.5) is 32.2 Å². The van der Waals surface area contributed by atoms with Gasteiger partial charge in [0, 0.05) is 24.8 Å². The summed E-state index contributed by atoms with van der Waals surface area (Å²) in [5.41, 5.74) is 2.94. The molecule has 2 aromatic heterocycles. The lowest BCUT2D eigenvalue weighted by atomic mass is 10.1. The lowest BCUT2D eigenvalue weighted by Gasteiger charge is -2.35. The van der Waals surface area contributed by atoms with E-state index in [1.165, 1.54) is 4.90 Å². The van der Waals surface area contributed by atoms with Gasteiger partial charge in [0.2, 0.25) is 0 Å². The van der Waals surface area contributed by atoms with Gasteiger partial charge in [-0.1, -0.05) is 0 Å². The third-order valence-electron chi connectivity index (χ3n) is 5.10. The molecule has 2 aromatic rings. The first-order chi connectivity index (χ1) is 15.4. The minimum absolute atomic E-state index is 0.106. The molecule has 2 aliphatic heterocycles. The summed E-state index contributed by atoms with van der Waals surface area (Å²) in [4.78, 5) is 20.9. The van der Waals surface area contributed by atoms with Crippen molar-refractivity contribution in [3.63, 3.8) is 0 Å². The van der Waals surface area contributed by atoms with E-state index in [1.54, 1.807) is 0 Å². The Morgan fingerprint density at radius 3 is 2.39 bits per heavy atom. The zero-order valence-electron chi connectivity index (χ0n) is 16.5. The Labute approximate surface area is 181 Å². The van der Waals surface area contributed by atoms with Gasteiger partial charge in [0.1, 0.15) is 11.5 Å². The highest BCUT2D eigenvalue weighted by Crippen LogP contribution is 2.40. The molecule has 0 saturated carbocycles. The zero-order valence-corrected chi connectivity index (χ0v) is 16.5. The Hall–Kier alpha value is -3.49.